The fourth-order valence-electron chi connectivity index (χ4n) is 10.2. The van der Waals surface area contributed by atoms with Gasteiger partial charge in [0.25, 0.3) is 0 Å². The number of amides is 1. The van der Waals surface area contributed by atoms with Crippen LogP contribution >= 0.6 is 0 Å². The highest BCUT2D eigenvalue weighted by molar-refractivity contribution is 5.80. The average Bonchev–Trinajstić information content (AvgIpc) is 3.41. The van der Waals surface area contributed by atoms with Crippen molar-refractivity contribution in [2.75, 3.05) is 13.2 Å². The first-order valence-corrected chi connectivity index (χ1v) is 32.1. The molecule has 0 aliphatic carbocycles. The second kappa shape index (κ2) is 52.8. The summed E-state index contributed by atoms with van der Waals surface area (Å²) in [5.41, 5.74) is 0. The quantitative estimate of drug-likeness (QED) is 0.0195. The second-order valence-corrected chi connectivity index (χ2v) is 22.5. The van der Waals surface area contributed by atoms with Gasteiger partial charge < -0.3 is 45.1 Å². The lowest BCUT2D eigenvalue weighted by molar-refractivity contribution is -0.305. The molecule has 11 heteroatoms. The molecule has 11 nitrogen and oxygen atoms in total. The maximum Gasteiger partial charge on any atom is 0.306 e. The van der Waals surface area contributed by atoms with Crippen molar-refractivity contribution in [2.45, 2.75) is 359 Å². The van der Waals surface area contributed by atoms with E-state index in [0.29, 0.717) is 19.3 Å². The topological polar surface area (TPSA) is 175 Å². The van der Waals surface area contributed by atoms with Crippen LogP contribution in [0.15, 0.2) is 24.3 Å². The molecule has 1 fully saturated rings. The van der Waals surface area contributed by atoms with E-state index in [0.717, 1.165) is 57.8 Å². The van der Waals surface area contributed by atoms with Gasteiger partial charge >= 0.3 is 5.97 Å². The summed E-state index contributed by atoms with van der Waals surface area (Å²) in [5.74, 6) is -1.18. The number of nitrogens with one attached hydrogen (secondary N) is 1. The predicted octanol–water partition coefficient (Wildman–Crippen LogP) is 15.3. The van der Waals surface area contributed by atoms with Gasteiger partial charge in [0.2, 0.25) is 5.91 Å². The molecule has 442 valence electrons. The summed E-state index contributed by atoms with van der Waals surface area (Å²) < 4.78 is 17.6. The van der Waals surface area contributed by atoms with Crippen molar-refractivity contribution >= 4 is 11.9 Å². The van der Waals surface area contributed by atoms with E-state index < -0.39 is 67.4 Å². The molecule has 75 heavy (non-hydrogen) atoms. The Hall–Kier alpha value is -1.86. The van der Waals surface area contributed by atoms with Crippen molar-refractivity contribution in [2.24, 2.45) is 0 Å². The van der Waals surface area contributed by atoms with Gasteiger partial charge in [-0.3, -0.25) is 9.59 Å². The molecule has 0 radical (unpaired) electrons. The molecule has 8 unspecified atom stereocenters. The van der Waals surface area contributed by atoms with E-state index in [4.69, 9.17) is 14.2 Å². The standard InChI is InChI=1S/C64H121NO10/c1-4-7-10-13-16-19-22-25-27-28-29-30-31-34-37-40-43-46-49-52-59(69)75-62-61(71)60(70)58(53-66)74-64(62)73-54-55(56(67)50-47-44-41-38-35-32-24-21-18-15-12-9-6-3)65-63(72)57(68)51-48-45-42-39-36-33-26-23-20-17-14-11-8-5-2/h25,27,47,50,55-58,60-62,64,66-68,70-71H,4-24,26,28-46,48-49,51-54H2,1-3H3,(H,65,72)/b27-25+,50-47+. The molecule has 1 rings (SSSR count). The van der Waals surface area contributed by atoms with E-state index in [9.17, 15) is 35.1 Å². The SMILES string of the molecule is CCCCCCCC/C=C/CCCCCCCCCCCC(=O)OC1C(OCC(NC(=O)C(O)CCCCCCCCCCCCCCCC)C(O)/C=C/CCCCCCCCCCCCC)OC(CO)C(O)C1O. The van der Waals surface area contributed by atoms with Crippen molar-refractivity contribution in [3.63, 3.8) is 0 Å². The molecule has 1 saturated heterocycles. The van der Waals surface area contributed by atoms with Crippen molar-refractivity contribution in [1.29, 1.82) is 0 Å². The lowest BCUT2D eigenvalue weighted by Crippen LogP contribution is -2.61. The molecular weight excluding hydrogens is 943 g/mol. The lowest BCUT2D eigenvalue weighted by atomic mass is 9.99. The van der Waals surface area contributed by atoms with Crippen molar-refractivity contribution in [1.82, 2.24) is 5.32 Å². The number of aliphatic hydroxyl groups excluding tert-OH is 5. The van der Waals surface area contributed by atoms with Gasteiger partial charge in [0.1, 0.15) is 24.4 Å². The molecular formula is C64H121NO10. The predicted molar refractivity (Wildman–Crippen MR) is 311 cm³/mol. The molecule has 0 saturated carbocycles. The Bertz CT molecular complexity index is 1310. The van der Waals surface area contributed by atoms with Crippen LogP contribution in [-0.4, -0.2) is 99.6 Å². The van der Waals surface area contributed by atoms with Crippen LogP contribution in [0.3, 0.4) is 0 Å². The van der Waals surface area contributed by atoms with E-state index in [1.54, 1.807) is 6.08 Å². The third-order valence-corrected chi connectivity index (χ3v) is 15.4. The van der Waals surface area contributed by atoms with E-state index >= 15 is 0 Å². The molecule has 8 atom stereocenters. The minimum atomic E-state index is -1.61. The number of allylic oxidation sites excluding steroid dienone is 3. The number of hydrogen-bond acceptors (Lipinski definition) is 10. The fourth-order valence-corrected chi connectivity index (χ4v) is 10.2. The van der Waals surface area contributed by atoms with E-state index in [-0.39, 0.29) is 13.0 Å². The van der Waals surface area contributed by atoms with Gasteiger partial charge in [0, 0.05) is 6.42 Å². The third kappa shape index (κ3) is 40.9. The maximum absolute atomic E-state index is 13.4. The molecule has 0 aromatic rings. The fraction of sp³-hybridized carbons (Fsp3) is 0.906. The first-order valence-electron chi connectivity index (χ1n) is 32.1. The summed E-state index contributed by atoms with van der Waals surface area (Å²) in [5, 5.41) is 57.0. The van der Waals surface area contributed by atoms with Crippen LogP contribution in [0.1, 0.15) is 310 Å². The zero-order valence-electron chi connectivity index (χ0n) is 48.9. The molecule has 0 aromatic heterocycles. The van der Waals surface area contributed by atoms with Crippen LogP contribution < -0.4 is 5.32 Å². The molecule has 0 aromatic carbocycles. The zero-order valence-corrected chi connectivity index (χ0v) is 48.9. The minimum absolute atomic E-state index is 0.125. The minimum Gasteiger partial charge on any atom is -0.454 e. The average molecular weight is 1060 g/mol. The highest BCUT2D eigenvalue weighted by Crippen LogP contribution is 2.26. The number of rotatable bonds is 55. The van der Waals surface area contributed by atoms with Crippen molar-refractivity contribution in [3.8, 4) is 0 Å². The lowest BCUT2D eigenvalue weighted by Gasteiger charge is -2.41. The smallest absolute Gasteiger partial charge is 0.306 e. The van der Waals surface area contributed by atoms with Gasteiger partial charge in [0.15, 0.2) is 12.4 Å². The van der Waals surface area contributed by atoms with Gasteiger partial charge in [-0.1, -0.05) is 276 Å². The molecule has 6 N–H and O–H groups in total. The number of esters is 1. The second-order valence-electron chi connectivity index (χ2n) is 22.5. The van der Waals surface area contributed by atoms with E-state index in [1.807, 2.05) is 6.08 Å². The number of aliphatic hydroxyl groups is 5. The highest BCUT2D eigenvalue weighted by atomic mass is 16.7. The summed E-state index contributed by atoms with van der Waals surface area (Å²) in [7, 11) is 0. The number of ether oxygens (including phenoxy) is 3. The Morgan fingerprint density at radius 3 is 1.29 bits per heavy atom. The molecule has 0 spiro atoms. The maximum atomic E-state index is 13.4. The van der Waals surface area contributed by atoms with Gasteiger partial charge in [-0.25, -0.2) is 0 Å². The Labute approximate surface area is 461 Å². The van der Waals surface area contributed by atoms with Crippen LogP contribution in [0.5, 0.6) is 0 Å². The normalized spacial score (nSPS) is 19.3. The van der Waals surface area contributed by atoms with Gasteiger partial charge in [0.05, 0.1) is 25.4 Å². The number of unbranched alkanes of at least 4 members (excludes halogenated alkanes) is 39. The molecule has 1 aliphatic heterocycles. The van der Waals surface area contributed by atoms with Crippen LogP contribution in [0.25, 0.3) is 0 Å². The molecule has 0 bridgehead atoms. The van der Waals surface area contributed by atoms with Crippen molar-refractivity contribution < 1.29 is 49.3 Å². The highest BCUT2D eigenvalue weighted by Gasteiger charge is 2.47. The third-order valence-electron chi connectivity index (χ3n) is 15.4. The summed E-state index contributed by atoms with van der Waals surface area (Å²) in [4.78, 5) is 26.6. The van der Waals surface area contributed by atoms with Crippen LogP contribution in [-0.2, 0) is 23.8 Å². The Balaban J connectivity index is 2.66. The molecule has 1 aliphatic rings. The van der Waals surface area contributed by atoms with Gasteiger partial charge in [-0.05, 0) is 51.4 Å². The number of carbonyl (C=O) groups excluding carboxylic acids is 2. The summed E-state index contributed by atoms with van der Waals surface area (Å²) in [6.45, 7) is 5.82. The summed E-state index contributed by atoms with van der Waals surface area (Å²) in [6, 6.07) is -1.02. The Morgan fingerprint density at radius 2 is 0.880 bits per heavy atom. The first kappa shape index (κ1) is 71.2. The molecule has 1 heterocycles. The van der Waals surface area contributed by atoms with E-state index in [2.05, 4.69) is 38.2 Å². The first-order chi connectivity index (χ1) is 36.7. The van der Waals surface area contributed by atoms with E-state index in [1.165, 1.54) is 205 Å². The van der Waals surface area contributed by atoms with Crippen molar-refractivity contribution in [3.05, 3.63) is 24.3 Å². The molecule has 1 amide bonds. The summed E-state index contributed by atoms with van der Waals surface area (Å²) in [6.07, 6.45) is 50.7. The zero-order chi connectivity index (χ0) is 54.7. The van der Waals surface area contributed by atoms with Crippen LogP contribution in [0.4, 0.5) is 0 Å². The Morgan fingerprint density at radius 1 is 0.507 bits per heavy atom. The monoisotopic (exact) mass is 1060 g/mol. The number of carbonyl (C=O) groups is 2. The van der Waals surface area contributed by atoms with Gasteiger partial charge in [-0.15, -0.1) is 0 Å². The van der Waals surface area contributed by atoms with Crippen LogP contribution in [0.2, 0.25) is 0 Å². The van der Waals surface area contributed by atoms with Crippen LogP contribution in [0, 0.1) is 0 Å². The van der Waals surface area contributed by atoms with Gasteiger partial charge in [-0.2, -0.15) is 0 Å². The Kier molecular flexibility index (Phi) is 50.1. The number of hydrogen-bond donors (Lipinski definition) is 6. The summed E-state index contributed by atoms with van der Waals surface area (Å²) >= 11 is 0. The largest absolute Gasteiger partial charge is 0.454 e.